The van der Waals surface area contributed by atoms with Gasteiger partial charge in [0.15, 0.2) is 0 Å². The Balaban J connectivity index is 1.67. The van der Waals surface area contributed by atoms with Gasteiger partial charge in [-0.3, -0.25) is 9.69 Å². The zero-order valence-electron chi connectivity index (χ0n) is 15.0. The molecule has 0 radical (unpaired) electrons. The third kappa shape index (κ3) is 4.06. The normalized spacial score (nSPS) is 16.1. The van der Waals surface area contributed by atoms with Gasteiger partial charge >= 0.3 is 0 Å². The topological polar surface area (TPSA) is 49.6 Å². The van der Waals surface area contributed by atoms with E-state index in [0.717, 1.165) is 65.3 Å². The predicted molar refractivity (Wildman–Crippen MR) is 106 cm³/mol. The van der Waals surface area contributed by atoms with Crippen molar-refractivity contribution in [2.75, 3.05) is 26.2 Å². The van der Waals surface area contributed by atoms with E-state index >= 15 is 0 Å². The summed E-state index contributed by atoms with van der Waals surface area (Å²) in [5, 5.41) is 4.04. The number of hydrogen-bond acceptors (Lipinski definition) is 4. The summed E-state index contributed by atoms with van der Waals surface area (Å²) in [6.45, 7) is 10.3. The third-order valence-electron chi connectivity index (χ3n) is 4.86. The Morgan fingerprint density at radius 2 is 2.00 bits per heavy atom. The number of halogens is 1. The van der Waals surface area contributed by atoms with Gasteiger partial charge < -0.3 is 9.42 Å². The Kier molecular flexibility index (Phi) is 5.78. The number of aromatic nitrogens is 1. The quantitative estimate of drug-likeness (QED) is 0.668. The number of amides is 1. The van der Waals surface area contributed by atoms with Gasteiger partial charge in [0.05, 0.1) is 11.3 Å². The van der Waals surface area contributed by atoms with Gasteiger partial charge in [-0.25, -0.2) is 0 Å². The molecule has 6 heteroatoms. The molecule has 1 saturated heterocycles. The summed E-state index contributed by atoms with van der Waals surface area (Å²) >= 11 is 2.28. The SMILES string of the molecule is Cc1cccc(C(=O)N2CCCN(Cc3c(C)noc3C)CC2)c1I. The maximum atomic E-state index is 12.9. The fourth-order valence-corrected chi connectivity index (χ4v) is 3.86. The van der Waals surface area contributed by atoms with E-state index in [2.05, 4.69) is 32.6 Å². The lowest BCUT2D eigenvalue weighted by Gasteiger charge is -2.22. The highest BCUT2D eigenvalue weighted by Gasteiger charge is 2.23. The molecular formula is C19H24IN3O2. The number of nitrogens with zero attached hydrogens (tertiary/aromatic N) is 3. The van der Waals surface area contributed by atoms with Crippen molar-refractivity contribution in [3.8, 4) is 0 Å². The summed E-state index contributed by atoms with van der Waals surface area (Å²) in [5.41, 5.74) is 4.11. The fraction of sp³-hybridized carbons (Fsp3) is 0.474. The fourth-order valence-electron chi connectivity index (χ4n) is 3.27. The Morgan fingerprint density at radius 3 is 2.72 bits per heavy atom. The lowest BCUT2D eigenvalue weighted by molar-refractivity contribution is 0.0760. The van der Waals surface area contributed by atoms with E-state index in [1.54, 1.807) is 0 Å². The molecule has 0 N–H and O–H groups in total. The van der Waals surface area contributed by atoms with Gasteiger partial charge in [-0.05, 0) is 61.4 Å². The summed E-state index contributed by atoms with van der Waals surface area (Å²) in [5.74, 6) is 1.04. The summed E-state index contributed by atoms with van der Waals surface area (Å²) in [6, 6.07) is 5.95. The van der Waals surface area contributed by atoms with Crippen LogP contribution in [0.4, 0.5) is 0 Å². The van der Waals surface area contributed by atoms with Crippen molar-refractivity contribution in [1.29, 1.82) is 0 Å². The largest absolute Gasteiger partial charge is 0.361 e. The Bertz CT molecular complexity index is 753. The second-order valence-electron chi connectivity index (χ2n) is 6.66. The molecule has 0 spiro atoms. The first-order chi connectivity index (χ1) is 12.0. The van der Waals surface area contributed by atoms with E-state index in [1.807, 2.05) is 43.9 Å². The number of rotatable bonds is 3. The van der Waals surface area contributed by atoms with Crippen LogP contribution >= 0.6 is 22.6 Å². The maximum absolute atomic E-state index is 12.9. The smallest absolute Gasteiger partial charge is 0.254 e. The average molecular weight is 453 g/mol. The van der Waals surface area contributed by atoms with Crippen molar-refractivity contribution >= 4 is 28.5 Å². The van der Waals surface area contributed by atoms with E-state index in [-0.39, 0.29) is 5.91 Å². The Hall–Kier alpha value is -1.41. The molecule has 2 aromatic rings. The first-order valence-corrected chi connectivity index (χ1v) is 9.73. The molecule has 2 heterocycles. The van der Waals surface area contributed by atoms with Crippen LogP contribution in [0, 0.1) is 24.3 Å². The van der Waals surface area contributed by atoms with Crippen molar-refractivity contribution < 1.29 is 9.32 Å². The maximum Gasteiger partial charge on any atom is 0.254 e. The van der Waals surface area contributed by atoms with Crippen molar-refractivity contribution in [1.82, 2.24) is 15.0 Å². The van der Waals surface area contributed by atoms with Crippen LogP contribution in [0.3, 0.4) is 0 Å². The van der Waals surface area contributed by atoms with E-state index in [9.17, 15) is 4.79 Å². The average Bonchev–Trinajstić information content (AvgIpc) is 2.79. The molecule has 0 atom stereocenters. The highest BCUT2D eigenvalue weighted by Crippen LogP contribution is 2.20. The first-order valence-electron chi connectivity index (χ1n) is 8.66. The van der Waals surface area contributed by atoms with Crippen LogP contribution in [0.15, 0.2) is 22.7 Å². The van der Waals surface area contributed by atoms with Gasteiger partial charge in [0.25, 0.3) is 5.91 Å². The minimum Gasteiger partial charge on any atom is -0.361 e. The van der Waals surface area contributed by atoms with Crippen LogP contribution in [-0.4, -0.2) is 47.0 Å². The van der Waals surface area contributed by atoms with Gasteiger partial charge in [-0.1, -0.05) is 17.3 Å². The molecule has 1 amide bonds. The zero-order valence-corrected chi connectivity index (χ0v) is 17.2. The number of carbonyl (C=O) groups excluding carboxylic acids is 1. The van der Waals surface area contributed by atoms with Crippen LogP contribution in [0.1, 0.15) is 39.4 Å². The summed E-state index contributed by atoms with van der Waals surface area (Å²) < 4.78 is 6.32. The van der Waals surface area contributed by atoms with E-state index in [1.165, 1.54) is 5.56 Å². The minimum atomic E-state index is 0.146. The van der Waals surface area contributed by atoms with Crippen LogP contribution in [0.25, 0.3) is 0 Å². The van der Waals surface area contributed by atoms with Crippen LogP contribution in [-0.2, 0) is 6.54 Å². The number of hydrogen-bond donors (Lipinski definition) is 0. The molecular weight excluding hydrogens is 429 g/mol. The minimum absolute atomic E-state index is 0.146. The summed E-state index contributed by atoms with van der Waals surface area (Å²) in [6.07, 6.45) is 0.984. The standard InChI is InChI=1S/C19H24IN3O2/c1-13-6-4-7-16(18(13)20)19(24)23-9-5-8-22(10-11-23)12-17-14(2)21-25-15(17)3/h4,6-7H,5,8-12H2,1-3H3. The predicted octanol–water partition coefficient (Wildman–Crippen LogP) is 3.55. The molecule has 1 aliphatic heterocycles. The first kappa shape index (κ1) is 18.4. The summed E-state index contributed by atoms with van der Waals surface area (Å²) in [7, 11) is 0. The van der Waals surface area contributed by atoms with Crippen molar-refractivity contribution in [3.05, 3.63) is 49.9 Å². The second kappa shape index (κ2) is 7.86. The third-order valence-corrected chi connectivity index (χ3v) is 6.29. The monoisotopic (exact) mass is 453 g/mol. The van der Waals surface area contributed by atoms with E-state index in [0.29, 0.717) is 0 Å². The molecule has 3 rings (SSSR count). The van der Waals surface area contributed by atoms with Gasteiger partial charge in [0, 0.05) is 41.9 Å². The lowest BCUT2D eigenvalue weighted by Crippen LogP contribution is -2.35. The van der Waals surface area contributed by atoms with Gasteiger partial charge in [-0.2, -0.15) is 0 Å². The molecule has 0 aliphatic carbocycles. The molecule has 1 fully saturated rings. The second-order valence-corrected chi connectivity index (χ2v) is 7.74. The van der Waals surface area contributed by atoms with Crippen LogP contribution < -0.4 is 0 Å². The number of carbonyl (C=O) groups is 1. The number of aryl methyl sites for hydroxylation is 3. The Labute approximate surface area is 162 Å². The molecule has 0 bridgehead atoms. The van der Waals surface area contributed by atoms with Crippen molar-refractivity contribution in [3.63, 3.8) is 0 Å². The molecule has 134 valence electrons. The summed E-state index contributed by atoms with van der Waals surface area (Å²) in [4.78, 5) is 17.3. The highest BCUT2D eigenvalue weighted by atomic mass is 127. The zero-order chi connectivity index (χ0) is 18.0. The molecule has 0 unspecified atom stereocenters. The van der Waals surface area contributed by atoms with Gasteiger partial charge in [-0.15, -0.1) is 0 Å². The van der Waals surface area contributed by atoms with E-state index < -0.39 is 0 Å². The highest BCUT2D eigenvalue weighted by molar-refractivity contribution is 14.1. The molecule has 25 heavy (non-hydrogen) atoms. The van der Waals surface area contributed by atoms with Crippen LogP contribution in [0.2, 0.25) is 0 Å². The Morgan fingerprint density at radius 1 is 1.20 bits per heavy atom. The van der Waals surface area contributed by atoms with E-state index in [4.69, 9.17) is 4.52 Å². The molecule has 1 aromatic heterocycles. The van der Waals surface area contributed by atoms with Gasteiger partial charge in [0.2, 0.25) is 0 Å². The van der Waals surface area contributed by atoms with Crippen LogP contribution in [0.5, 0.6) is 0 Å². The molecule has 1 aliphatic rings. The lowest BCUT2D eigenvalue weighted by atomic mass is 10.1. The molecule has 0 saturated carbocycles. The molecule has 1 aromatic carbocycles. The molecule has 5 nitrogen and oxygen atoms in total. The van der Waals surface area contributed by atoms with Gasteiger partial charge in [0.1, 0.15) is 5.76 Å². The van der Waals surface area contributed by atoms with Crippen molar-refractivity contribution in [2.24, 2.45) is 0 Å². The number of benzene rings is 1. The van der Waals surface area contributed by atoms with Crippen molar-refractivity contribution in [2.45, 2.75) is 33.7 Å².